The van der Waals surface area contributed by atoms with E-state index in [4.69, 9.17) is 0 Å². The Bertz CT molecular complexity index is 665. The van der Waals surface area contributed by atoms with E-state index in [2.05, 4.69) is 45.1 Å². The summed E-state index contributed by atoms with van der Waals surface area (Å²) in [4.78, 5) is 25.4. The minimum absolute atomic E-state index is 0.0121. The van der Waals surface area contributed by atoms with Crippen molar-refractivity contribution in [3.63, 3.8) is 0 Å². The molecule has 2 atom stereocenters. The van der Waals surface area contributed by atoms with Gasteiger partial charge in [-0.3, -0.25) is 9.59 Å². The van der Waals surface area contributed by atoms with E-state index in [0.29, 0.717) is 12.8 Å². The molecule has 0 aliphatic carbocycles. The first-order chi connectivity index (χ1) is 21.1. The largest absolute Gasteiger partial charge is 0.396 e. The predicted octanol–water partition coefficient (Wildman–Crippen LogP) is 12.3. The zero-order valence-corrected chi connectivity index (χ0v) is 28.9. The van der Waals surface area contributed by atoms with Crippen LogP contribution >= 0.6 is 0 Å². The molecule has 0 spiro atoms. The van der Waals surface area contributed by atoms with Gasteiger partial charge in [-0.2, -0.15) is 0 Å². The fraction of sp³-hybridized carbons (Fsp3) is 0.825. The summed E-state index contributed by atoms with van der Waals surface area (Å²) >= 11 is 0. The van der Waals surface area contributed by atoms with Crippen LogP contribution in [-0.4, -0.2) is 23.3 Å². The lowest BCUT2D eigenvalue weighted by Crippen LogP contribution is -2.31. The summed E-state index contributed by atoms with van der Waals surface area (Å²) in [5.74, 6) is -1.20. The number of aliphatic hydroxyl groups excluding tert-OH is 1. The molecule has 43 heavy (non-hydrogen) atoms. The normalized spacial score (nSPS) is 13.3. The van der Waals surface area contributed by atoms with Crippen molar-refractivity contribution in [2.24, 2.45) is 11.8 Å². The standard InChI is InChI=1S/C40H73O3/c1-4-6-8-10-12-14-16-18-20-22-24-26-28-30-32-34-39(42)37(3)38(36-41)40(43)35-33-31-29-27-25-23-21-19-17-15-13-11-9-7-5-2/h18-21,37-38,41H,3-17,22-36H2,1-2H3/b20-18-,21-19-. The molecule has 3 nitrogen and oxygen atoms in total. The zero-order valence-electron chi connectivity index (χ0n) is 28.9. The topological polar surface area (TPSA) is 54.4 Å². The molecule has 0 aliphatic heterocycles. The first-order valence-electron chi connectivity index (χ1n) is 18.9. The van der Waals surface area contributed by atoms with Crippen molar-refractivity contribution >= 4 is 11.6 Å². The predicted molar refractivity (Wildman–Crippen MR) is 188 cm³/mol. The molecule has 0 saturated heterocycles. The van der Waals surface area contributed by atoms with Crippen molar-refractivity contribution in [1.82, 2.24) is 0 Å². The Morgan fingerprint density at radius 2 is 0.791 bits per heavy atom. The lowest BCUT2D eigenvalue weighted by atomic mass is 9.84. The van der Waals surface area contributed by atoms with Gasteiger partial charge in [-0.1, -0.05) is 141 Å². The third-order valence-electron chi connectivity index (χ3n) is 8.88. The number of aliphatic hydroxyl groups is 1. The number of rotatable bonds is 34. The van der Waals surface area contributed by atoms with Crippen LogP contribution in [0.4, 0.5) is 0 Å². The second-order valence-corrected chi connectivity index (χ2v) is 13.0. The number of carbonyl (C=O) groups excluding carboxylic acids is 2. The lowest BCUT2D eigenvalue weighted by molar-refractivity contribution is -0.132. The fourth-order valence-electron chi connectivity index (χ4n) is 5.79. The van der Waals surface area contributed by atoms with Gasteiger partial charge in [0.1, 0.15) is 11.6 Å². The van der Waals surface area contributed by atoms with Gasteiger partial charge in [0.05, 0.1) is 12.5 Å². The highest BCUT2D eigenvalue weighted by Crippen LogP contribution is 2.20. The van der Waals surface area contributed by atoms with Crippen LogP contribution < -0.4 is 0 Å². The summed E-state index contributed by atoms with van der Waals surface area (Å²) in [5, 5.41) is 9.82. The quantitative estimate of drug-likeness (QED) is 0.0589. The van der Waals surface area contributed by atoms with E-state index in [1.165, 1.54) is 116 Å². The molecule has 0 saturated carbocycles. The molecule has 3 heteroatoms. The van der Waals surface area contributed by atoms with Crippen molar-refractivity contribution in [3.8, 4) is 0 Å². The molecule has 0 fully saturated rings. The Kier molecular flexibility index (Phi) is 32.7. The summed E-state index contributed by atoms with van der Waals surface area (Å²) in [6.45, 7) is 8.25. The Balaban J connectivity index is 3.75. The Labute approximate surface area is 269 Å². The number of allylic oxidation sites excluding steroid dienone is 4. The van der Waals surface area contributed by atoms with Gasteiger partial charge in [-0.15, -0.1) is 0 Å². The number of hydrogen-bond donors (Lipinski definition) is 1. The fourth-order valence-corrected chi connectivity index (χ4v) is 5.79. The zero-order chi connectivity index (χ0) is 31.6. The van der Waals surface area contributed by atoms with Crippen LogP contribution in [0.1, 0.15) is 194 Å². The van der Waals surface area contributed by atoms with Crippen molar-refractivity contribution in [3.05, 3.63) is 31.2 Å². The Morgan fingerprint density at radius 1 is 0.488 bits per heavy atom. The van der Waals surface area contributed by atoms with Crippen molar-refractivity contribution in [1.29, 1.82) is 0 Å². The van der Waals surface area contributed by atoms with E-state index >= 15 is 0 Å². The van der Waals surface area contributed by atoms with E-state index in [1.807, 2.05) is 0 Å². The van der Waals surface area contributed by atoms with Gasteiger partial charge in [0.2, 0.25) is 0 Å². The summed E-state index contributed by atoms with van der Waals surface area (Å²) in [6, 6.07) is 0. The lowest BCUT2D eigenvalue weighted by Gasteiger charge is -2.20. The van der Waals surface area contributed by atoms with Crippen LogP contribution in [-0.2, 0) is 9.59 Å². The maximum Gasteiger partial charge on any atom is 0.138 e. The molecular weight excluding hydrogens is 528 g/mol. The minimum Gasteiger partial charge on any atom is -0.396 e. The summed E-state index contributed by atoms with van der Waals surface area (Å²) in [6.07, 6.45) is 42.3. The van der Waals surface area contributed by atoms with E-state index in [9.17, 15) is 14.7 Å². The number of unbranched alkanes of at least 4 members (excludes halogenated alkanes) is 22. The van der Waals surface area contributed by atoms with Gasteiger partial charge in [0.15, 0.2) is 0 Å². The molecule has 0 aromatic heterocycles. The van der Waals surface area contributed by atoms with Crippen LogP contribution in [0.3, 0.4) is 0 Å². The molecule has 1 radical (unpaired) electrons. The van der Waals surface area contributed by atoms with Gasteiger partial charge in [0, 0.05) is 18.8 Å². The van der Waals surface area contributed by atoms with Crippen LogP contribution in [0.2, 0.25) is 0 Å². The van der Waals surface area contributed by atoms with Crippen LogP contribution in [0.5, 0.6) is 0 Å². The highest BCUT2D eigenvalue weighted by Gasteiger charge is 2.28. The molecule has 0 aromatic carbocycles. The number of ketones is 2. The minimum atomic E-state index is -0.632. The maximum atomic E-state index is 12.7. The van der Waals surface area contributed by atoms with Crippen LogP contribution in [0.25, 0.3) is 0 Å². The first-order valence-corrected chi connectivity index (χ1v) is 18.9. The second kappa shape index (κ2) is 33.7. The molecule has 1 N–H and O–H groups in total. The molecule has 251 valence electrons. The second-order valence-electron chi connectivity index (χ2n) is 13.0. The van der Waals surface area contributed by atoms with Gasteiger partial charge in [0.25, 0.3) is 0 Å². The third kappa shape index (κ3) is 28.0. The van der Waals surface area contributed by atoms with Crippen molar-refractivity contribution in [2.45, 2.75) is 194 Å². The van der Waals surface area contributed by atoms with Gasteiger partial charge < -0.3 is 5.11 Å². The van der Waals surface area contributed by atoms with E-state index < -0.39 is 11.8 Å². The smallest absolute Gasteiger partial charge is 0.138 e. The molecule has 0 aliphatic rings. The SMILES string of the molecule is [CH2]C(C(=O)CCCCCCC/C=C\CCCCCCCC)C(CO)C(=O)CCCCCCC/C=C\CCCCCCCC. The molecule has 0 rings (SSSR count). The first kappa shape index (κ1) is 41.8. The van der Waals surface area contributed by atoms with Crippen molar-refractivity contribution < 1.29 is 14.7 Å². The van der Waals surface area contributed by atoms with Crippen LogP contribution in [0, 0.1) is 18.8 Å². The summed E-state index contributed by atoms with van der Waals surface area (Å²) < 4.78 is 0. The maximum absolute atomic E-state index is 12.7. The Morgan fingerprint density at radius 3 is 1.14 bits per heavy atom. The highest BCUT2D eigenvalue weighted by molar-refractivity contribution is 5.90. The van der Waals surface area contributed by atoms with Crippen LogP contribution in [0.15, 0.2) is 24.3 Å². The monoisotopic (exact) mass is 602 g/mol. The van der Waals surface area contributed by atoms with E-state index in [1.54, 1.807) is 0 Å². The number of Topliss-reactive ketones (excluding diaryl/α,β-unsaturated/α-hetero) is 2. The van der Waals surface area contributed by atoms with E-state index in [-0.39, 0.29) is 18.2 Å². The molecule has 0 amide bonds. The number of carbonyl (C=O) groups is 2. The molecule has 0 heterocycles. The number of hydrogen-bond acceptors (Lipinski definition) is 3. The molecule has 0 aromatic rings. The molecular formula is C40H73O3. The Hall–Kier alpha value is -1.22. The van der Waals surface area contributed by atoms with Gasteiger partial charge >= 0.3 is 0 Å². The molecule has 2 unspecified atom stereocenters. The summed E-state index contributed by atoms with van der Waals surface area (Å²) in [7, 11) is 0. The summed E-state index contributed by atoms with van der Waals surface area (Å²) in [5.41, 5.74) is 0. The average Bonchev–Trinajstić information content (AvgIpc) is 3.01. The van der Waals surface area contributed by atoms with E-state index in [0.717, 1.165) is 51.4 Å². The highest BCUT2D eigenvalue weighted by atomic mass is 16.3. The van der Waals surface area contributed by atoms with Gasteiger partial charge in [-0.25, -0.2) is 0 Å². The third-order valence-corrected chi connectivity index (χ3v) is 8.88. The van der Waals surface area contributed by atoms with Crippen molar-refractivity contribution in [2.75, 3.05) is 6.61 Å². The molecule has 0 bridgehead atoms. The average molecular weight is 602 g/mol. The van der Waals surface area contributed by atoms with Gasteiger partial charge in [-0.05, 0) is 71.1 Å².